The summed E-state index contributed by atoms with van der Waals surface area (Å²) in [6, 6.07) is 1.81. The monoisotopic (exact) mass is 261 g/mol. The zero-order valence-electron chi connectivity index (χ0n) is 7.13. The van der Waals surface area contributed by atoms with Gasteiger partial charge in [0.15, 0.2) is 0 Å². The molecule has 1 heterocycles. The number of hydrogen-bond donors (Lipinski definition) is 0. The number of halogens is 2. The third kappa shape index (κ3) is 3.01. The van der Waals surface area contributed by atoms with Crippen molar-refractivity contribution in [1.82, 2.24) is 4.98 Å². The minimum Gasteiger partial charge on any atom is -0.480 e. The molecule has 1 aromatic heterocycles. The Hall–Kier alpha value is -0.540. The molecule has 0 radical (unpaired) electrons. The summed E-state index contributed by atoms with van der Waals surface area (Å²) >= 11 is 9.16. The van der Waals surface area contributed by atoms with Crippen LogP contribution in [0, 0.1) is 0 Å². The topological polar surface area (TPSA) is 22.1 Å². The fourth-order valence-electron chi connectivity index (χ4n) is 0.862. The van der Waals surface area contributed by atoms with Crippen LogP contribution in [0.25, 0.3) is 6.08 Å². The number of methoxy groups -OCH3 is 1. The first-order chi connectivity index (χ1) is 6.27. The van der Waals surface area contributed by atoms with Crippen molar-refractivity contribution in [1.29, 1.82) is 0 Å². The fraction of sp³-hybridized carbons (Fsp3) is 0.222. The van der Waals surface area contributed by atoms with Gasteiger partial charge in [0.1, 0.15) is 5.02 Å². The number of nitrogens with zero attached hydrogens (tertiary/aromatic N) is 1. The number of ether oxygens (including phenoxy) is 1. The van der Waals surface area contributed by atoms with E-state index in [1.165, 1.54) is 0 Å². The van der Waals surface area contributed by atoms with Gasteiger partial charge in [-0.2, -0.15) is 0 Å². The lowest BCUT2D eigenvalue weighted by Crippen LogP contribution is -1.88. The normalized spacial score (nSPS) is 10.7. The van der Waals surface area contributed by atoms with E-state index >= 15 is 0 Å². The molecule has 0 fully saturated rings. The van der Waals surface area contributed by atoms with Gasteiger partial charge in [-0.25, -0.2) is 4.98 Å². The van der Waals surface area contributed by atoms with E-state index in [0.717, 1.165) is 10.9 Å². The zero-order valence-corrected chi connectivity index (χ0v) is 9.47. The van der Waals surface area contributed by atoms with Crippen molar-refractivity contribution in [3.8, 4) is 5.88 Å². The lowest BCUT2D eigenvalue weighted by atomic mass is 10.2. The highest BCUT2D eigenvalue weighted by Gasteiger charge is 2.00. The first-order valence-electron chi connectivity index (χ1n) is 3.70. The van der Waals surface area contributed by atoms with Gasteiger partial charge in [0.2, 0.25) is 5.88 Å². The van der Waals surface area contributed by atoms with Crippen LogP contribution in [0.1, 0.15) is 5.56 Å². The van der Waals surface area contributed by atoms with E-state index in [1.807, 2.05) is 18.2 Å². The van der Waals surface area contributed by atoms with E-state index in [0.29, 0.717) is 10.9 Å². The molecule has 2 nitrogen and oxygen atoms in total. The van der Waals surface area contributed by atoms with Crippen molar-refractivity contribution in [2.75, 3.05) is 12.4 Å². The molecule has 0 amide bonds. The van der Waals surface area contributed by atoms with Gasteiger partial charge in [-0.15, -0.1) is 0 Å². The molecule has 0 saturated carbocycles. The molecule has 0 aromatic carbocycles. The fourth-order valence-corrected chi connectivity index (χ4v) is 1.30. The summed E-state index contributed by atoms with van der Waals surface area (Å²) in [5, 5.41) is 1.34. The van der Waals surface area contributed by atoms with Crippen LogP contribution in [0.4, 0.5) is 0 Å². The second kappa shape index (κ2) is 5.25. The molecule has 0 saturated heterocycles. The number of hydrogen-bond acceptors (Lipinski definition) is 2. The van der Waals surface area contributed by atoms with Gasteiger partial charge < -0.3 is 4.74 Å². The van der Waals surface area contributed by atoms with E-state index in [2.05, 4.69) is 20.9 Å². The summed E-state index contributed by atoms with van der Waals surface area (Å²) in [4.78, 5) is 4.03. The van der Waals surface area contributed by atoms with E-state index in [1.54, 1.807) is 13.3 Å². The zero-order chi connectivity index (χ0) is 9.68. The number of aromatic nitrogens is 1. The molecular formula is C9H9BrClNO. The Labute approximate surface area is 90.7 Å². The molecule has 0 bridgehead atoms. The second-order valence-corrected chi connectivity index (χ2v) is 3.37. The van der Waals surface area contributed by atoms with Crippen molar-refractivity contribution in [3.05, 3.63) is 28.9 Å². The highest BCUT2D eigenvalue weighted by atomic mass is 79.9. The summed E-state index contributed by atoms with van der Waals surface area (Å²) in [6.45, 7) is 0. The van der Waals surface area contributed by atoms with E-state index in [4.69, 9.17) is 16.3 Å². The minimum absolute atomic E-state index is 0.456. The summed E-state index contributed by atoms with van der Waals surface area (Å²) in [5.74, 6) is 0.456. The van der Waals surface area contributed by atoms with Crippen molar-refractivity contribution < 1.29 is 4.74 Å². The maximum Gasteiger partial charge on any atom is 0.232 e. The molecular weight excluding hydrogens is 253 g/mol. The average molecular weight is 263 g/mol. The number of alkyl halides is 1. The Morgan fingerprint density at radius 3 is 3.00 bits per heavy atom. The Kier molecular flexibility index (Phi) is 4.25. The van der Waals surface area contributed by atoms with Gasteiger partial charge in [-0.1, -0.05) is 39.7 Å². The Morgan fingerprint density at radius 2 is 2.46 bits per heavy atom. The molecule has 4 heteroatoms. The van der Waals surface area contributed by atoms with Gasteiger partial charge in [-0.05, 0) is 11.6 Å². The molecule has 0 N–H and O–H groups in total. The summed E-state index contributed by atoms with van der Waals surface area (Å²) in [7, 11) is 1.54. The highest BCUT2D eigenvalue weighted by molar-refractivity contribution is 9.09. The maximum absolute atomic E-state index is 5.88. The molecule has 0 atom stereocenters. The molecule has 0 aliphatic rings. The summed E-state index contributed by atoms with van der Waals surface area (Å²) in [6.07, 6.45) is 5.62. The second-order valence-electron chi connectivity index (χ2n) is 2.32. The number of rotatable bonds is 3. The van der Waals surface area contributed by atoms with Crippen LogP contribution in [0.5, 0.6) is 5.88 Å². The minimum atomic E-state index is 0.456. The predicted molar refractivity (Wildman–Crippen MR) is 58.6 cm³/mol. The molecule has 1 aromatic rings. The van der Waals surface area contributed by atoms with Crippen LogP contribution < -0.4 is 4.74 Å². The third-order valence-electron chi connectivity index (χ3n) is 1.42. The summed E-state index contributed by atoms with van der Waals surface area (Å²) in [5.41, 5.74) is 0.963. The standard InChI is InChI=1S/C9H9BrClNO/c1-13-9-8(11)5-7(6-12-9)3-2-4-10/h2-3,5-6H,4H2,1H3. The van der Waals surface area contributed by atoms with E-state index in [-0.39, 0.29) is 0 Å². The summed E-state index contributed by atoms with van der Waals surface area (Å²) < 4.78 is 4.93. The quantitative estimate of drug-likeness (QED) is 0.781. The van der Waals surface area contributed by atoms with Crippen molar-refractivity contribution >= 4 is 33.6 Å². The molecule has 70 valence electrons. The largest absolute Gasteiger partial charge is 0.480 e. The predicted octanol–water partition coefficient (Wildman–Crippen LogP) is 3.15. The van der Waals surface area contributed by atoms with Gasteiger partial charge in [0, 0.05) is 11.5 Å². The van der Waals surface area contributed by atoms with Gasteiger partial charge >= 0.3 is 0 Å². The lowest BCUT2D eigenvalue weighted by Gasteiger charge is -2.01. The first kappa shape index (κ1) is 10.5. The number of pyridine rings is 1. The van der Waals surface area contributed by atoms with Crippen LogP contribution in [-0.4, -0.2) is 17.4 Å². The molecule has 0 unspecified atom stereocenters. The Balaban J connectivity index is 2.89. The van der Waals surface area contributed by atoms with E-state index < -0.39 is 0 Å². The van der Waals surface area contributed by atoms with Crippen LogP contribution in [-0.2, 0) is 0 Å². The molecule has 1 rings (SSSR count). The van der Waals surface area contributed by atoms with Crippen LogP contribution in [0.15, 0.2) is 18.3 Å². The van der Waals surface area contributed by atoms with Crippen LogP contribution in [0.3, 0.4) is 0 Å². The molecule has 0 spiro atoms. The average Bonchev–Trinajstić information content (AvgIpc) is 2.15. The number of allylic oxidation sites excluding steroid dienone is 1. The highest BCUT2D eigenvalue weighted by Crippen LogP contribution is 2.22. The van der Waals surface area contributed by atoms with Gasteiger partial charge in [-0.3, -0.25) is 0 Å². The SMILES string of the molecule is COc1ncc(C=CCBr)cc1Cl. The first-order valence-corrected chi connectivity index (χ1v) is 5.20. The van der Waals surface area contributed by atoms with Crippen LogP contribution in [0.2, 0.25) is 5.02 Å². The Bertz CT molecular complexity index is 314. The van der Waals surface area contributed by atoms with Crippen molar-refractivity contribution in [3.63, 3.8) is 0 Å². The van der Waals surface area contributed by atoms with E-state index in [9.17, 15) is 0 Å². The van der Waals surface area contributed by atoms with Gasteiger partial charge in [0.05, 0.1) is 7.11 Å². The smallest absolute Gasteiger partial charge is 0.232 e. The molecule has 0 aliphatic carbocycles. The molecule has 13 heavy (non-hydrogen) atoms. The van der Waals surface area contributed by atoms with Gasteiger partial charge in [0.25, 0.3) is 0 Å². The maximum atomic E-state index is 5.88. The van der Waals surface area contributed by atoms with Crippen molar-refractivity contribution in [2.24, 2.45) is 0 Å². The van der Waals surface area contributed by atoms with Crippen LogP contribution >= 0.6 is 27.5 Å². The molecule has 0 aliphatic heterocycles. The van der Waals surface area contributed by atoms with Crippen molar-refractivity contribution in [2.45, 2.75) is 0 Å². The third-order valence-corrected chi connectivity index (χ3v) is 2.07. The lowest BCUT2D eigenvalue weighted by molar-refractivity contribution is 0.398. The Morgan fingerprint density at radius 1 is 1.69 bits per heavy atom.